The molecule has 0 aromatic carbocycles. The number of aryl methyl sites for hydroxylation is 1. The number of piperidine rings is 1. The first kappa shape index (κ1) is 14.5. The number of aromatic nitrogens is 1. The van der Waals surface area contributed by atoms with Gasteiger partial charge in [-0.2, -0.15) is 5.26 Å². The average Bonchev–Trinajstić information content (AvgIpc) is 2.45. The maximum atomic E-state index is 12.3. The highest BCUT2D eigenvalue weighted by molar-refractivity contribution is 5.91. The van der Waals surface area contributed by atoms with E-state index in [-0.39, 0.29) is 11.8 Å². The molecule has 1 aromatic heterocycles. The zero-order valence-electron chi connectivity index (χ0n) is 11.8. The van der Waals surface area contributed by atoms with Gasteiger partial charge in [-0.25, -0.2) is 4.98 Å². The lowest BCUT2D eigenvalue weighted by molar-refractivity contribution is -0.121. The molecule has 20 heavy (non-hydrogen) atoms. The number of carbonyl (C=O) groups excluding carboxylic acids is 1. The van der Waals surface area contributed by atoms with Crippen LogP contribution in [-0.4, -0.2) is 35.4 Å². The molecule has 0 bridgehead atoms. The first-order valence-electron chi connectivity index (χ1n) is 7.03. The van der Waals surface area contributed by atoms with Crippen LogP contribution in [0.2, 0.25) is 0 Å². The van der Waals surface area contributed by atoms with E-state index in [1.54, 1.807) is 6.07 Å². The van der Waals surface area contributed by atoms with Crippen molar-refractivity contribution in [2.24, 2.45) is 5.92 Å². The predicted octanol–water partition coefficient (Wildman–Crippen LogP) is 1.95. The van der Waals surface area contributed by atoms with Gasteiger partial charge in [0, 0.05) is 25.2 Å². The molecule has 1 atom stereocenters. The first-order chi connectivity index (χ1) is 9.69. The minimum Gasteiger partial charge on any atom is -0.310 e. The maximum absolute atomic E-state index is 12.3. The summed E-state index contributed by atoms with van der Waals surface area (Å²) in [5.41, 5.74) is 0.891. The summed E-state index contributed by atoms with van der Waals surface area (Å²) in [6, 6.07) is 7.75. The highest BCUT2D eigenvalue weighted by Gasteiger charge is 2.25. The first-order valence-corrected chi connectivity index (χ1v) is 7.03. The van der Waals surface area contributed by atoms with Crippen LogP contribution in [0.5, 0.6) is 0 Å². The van der Waals surface area contributed by atoms with Gasteiger partial charge in [0.05, 0.1) is 12.0 Å². The van der Waals surface area contributed by atoms with E-state index < -0.39 is 0 Å². The predicted molar refractivity (Wildman–Crippen MR) is 77.0 cm³/mol. The maximum Gasteiger partial charge on any atom is 0.229 e. The Labute approximate surface area is 119 Å². The zero-order valence-corrected chi connectivity index (χ0v) is 11.8. The summed E-state index contributed by atoms with van der Waals surface area (Å²) in [5.74, 6) is 0.638. The Morgan fingerprint density at radius 3 is 3.20 bits per heavy atom. The van der Waals surface area contributed by atoms with Crippen LogP contribution in [0.15, 0.2) is 18.2 Å². The molecule has 1 aliphatic rings. The largest absolute Gasteiger partial charge is 0.310 e. The van der Waals surface area contributed by atoms with Crippen LogP contribution in [0.25, 0.3) is 0 Å². The van der Waals surface area contributed by atoms with Crippen molar-refractivity contribution in [3.8, 4) is 6.07 Å². The number of likely N-dealkylation sites (tertiary alicyclic amines) is 1. The number of anilines is 1. The molecule has 5 nitrogen and oxygen atoms in total. The summed E-state index contributed by atoms with van der Waals surface area (Å²) in [4.78, 5) is 18.7. The minimum absolute atomic E-state index is 0.00949. The van der Waals surface area contributed by atoms with E-state index >= 15 is 0 Å². The summed E-state index contributed by atoms with van der Waals surface area (Å²) < 4.78 is 0. The van der Waals surface area contributed by atoms with E-state index in [2.05, 4.69) is 21.3 Å². The van der Waals surface area contributed by atoms with Crippen molar-refractivity contribution in [2.45, 2.75) is 26.2 Å². The standard InChI is InChI=1S/C15H20N4O/c1-12-5-2-7-14(17-12)18-15(20)13-6-3-9-19(11-13)10-4-8-16/h2,5,7,13H,3-4,6,9-11H2,1H3,(H,17,18,20)/t13-/m1/s1. The van der Waals surface area contributed by atoms with Gasteiger partial charge >= 0.3 is 0 Å². The second kappa shape index (κ2) is 7.01. The van der Waals surface area contributed by atoms with Crippen LogP contribution in [0, 0.1) is 24.2 Å². The van der Waals surface area contributed by atoms with Crippen molar-refractivity contribution in [3.63, 3.8) is 0 Å². The Morgan fingerprint density at radius 1 is 1.60 bits per heavy atom. The Kier molecular flexibility index (Phi) is 5.08. The second-order valence-electron chi connectivity index (χ2n) is 5.20. The van der Waals surface area contributed by atoms with Crippen molar-refractivity contribution in [1.29, 1.82) is 5.26 Å². The summed E-state index contributed by atoms with van der Waals surface area (Å²) >= 11 is 0. The van der Waals surface area contributed by atoms with Crippen LogP contribution in [0.4, 0.5) is 5.82 Å². The number of nitriles is 1. The molecular formula is C15H20N4O. The van der Waals surface area contributed by atoms with Gasteiger partial charge in [-0.3, -0.25) is 4.79 Å². The van der Waals surface area contributed by atoms with Gasteiger partial charge in [-0.15, -0.1) is 0 Å². The van der Waals surface area contributed by atoms with Gasteiger partial charge < -0.3 is 10.2 Å². The van der Waals surface area contributed by atoms with Gasteiger partial charge in [0.1, 0.15) is 5.82 Å². The molecule has 1 amide bonds. The molecule has 1 aromatic rings. The van der Waals surface area contributed by atoms with E-state index in [1.807, 2.05) is 19.1 Å². The monoisotopic (exact) mass is 272 g/mol. The fraction of sp³-hybridized carbons (Fsp3) is 0.533. The summed E-state index contributed by atoms with van der Waals surface area (Å²) in [7, 11) is 0. The van der Waals surface area contributed by atoms with Crippen LogP contribution in [-0.2, 0) is 4.79 Å². The Bertz CT molecular complexity index is 509. The minimum atomic E-state index is -0.00949. The number of hydrogen-bond acceptors (Lipinski definition) is 4. The third-order valence-corrected chi connectivity index (χ3v) is 3.56. The second-order valence-corrected chi connectivity index (χ2v) is 5.20. The van der Waals surface area contributed by atoms with Crippen LogP contribution in [0.3, 0.4) is 0 Å². The molecule has 2 rings (SSSR count). The van der Waals surface area contributed by atoms with Gasteiger partial charge in [-0.05, 0) is 38.4 Å². The Morgan fingerprint density at radius 2 is 2.45 bits per heavy atom. The summed E-state index contributed by atoms with van der Waals surface area (Å²) in [6.07, 6.45) is 2.43. The molecular weight excluding hydrogens is 252 g/mol. The number of nitrogens with zero attached hydrogens (tertiary/aromatic N) is 3. The van der Waals surface area contributed by atoms with E-state index in [1.165, 1.54) is 0 Å². The van der Waals surface area contributed by atoms with Crippen molar-refractivity contribution in [1.82, 2.24) is 9.88 Å². The molecule has 0 unspecified atom stereocenters. The topological polar surface area (TPSA) is 69.0 Å². The molecule has 1 N–H and O–H groups in total. The number of rotatable bonds is 4. The summed E-state index contributed by atoms with van der Waals surface area (Å²) in [6.45, 7) is 4.37. The number of carbonyl (C=O) groups is 1. The van der Waals surface area contributed by atoms with Gasteiger partial charge in [0.25, 0.3) is 0 Å². The molecule has 0 spiro atoms. The lowest BCUT2D eigenvalue weighted by Gasteiger charge is -2.31. The van der Waals surface area contributed by atoms with Gasteiger partial charge in [-0.1, -0.05) is 6.07 Å². The molecule has 106 valence electrons. The normalized spacial score (nSPS) is 19.3. The van der Waals surface area contributed by atoms with Crippen molar-refractivity contribution >= 4 is 11.7 Å². The fourth-order valence-corrected chi connectivity index (χ4v) is 2.52. The molecule has 0 radical (unpaired) electrons. The number of pyridine rings is 1. The molecule has 1 saturated heterocycles. The van der Waals surface area contributed by atoms with Gasteiger partial charge in [0.15, 0.2) is 0 Å². The highest BCUT2D eigenvalue weighted by Crippen LogP contribution is 2.18. The fourth-order valence-electron chi connectivity index (χ4n) is 2.52. The van der Waals surface area contributed by atoms with Crippen LogP contribution >= 0.6 is 0 Å². The number of nitrogens with one attached hydrogen (secondary N) is 1. The quantitative estimate of drug-likeness (QED) is 0.909. The molecule has 1 aliphatic heterocycles. The van der Waals surface area contributed by atoms with E-state index in [9.17, 15) is 4.79 Å². The van der Waals surface area contributed by atoms with E-state index in [4.69, 9.17) is 5.26 Å². The highest BCUT2D eigenvalue weighted by atomic mass is 16.2. The summed E-state index contributed by atoms with van der Waals surface area (Å²) in [5, 5.41) is 11.5. The SMILES string of the molecule is Cc1cccc(NC(=O)[C@@H]2CCCN(CCC#N)C2)n1. The number of hydrogen-bond donors (Lipinski definition) is 1. The lowest BCUT2D eigenvalue weighted by atomic mass is 9.97. The van der Waals surface area contributed by atoms with Crippen LogP contribution < -0.4 is 5.32 Å². The Balaban J connectivity index is 1.90. The zero-order chi connectivity index (χ0) is 14.4. The molecule has 0 saturated carbocycles. The molecule has 5 heteroatoms. The lowest BCUT2D eigenvalue weighted by Crippen LogP contribution is -2.41. The third kappa shape index (κ3) is 4.04. The molecule has 1 fully saturated rings. The third-order valence-electron chi connectivity index (χ3n) is 3.56. The Hall–Kier alpha value is -1.93. The van der Waals surface area contributed by atoms with Crippen molar-refractivity contribution < 1.29 is 4.79 Å². The van der Waals surface area contributed by atoms with Crippen molar-refractivity contribution in [2.75, 3.05) is 25.0 Å². The smallest absolute Gasteiger partial charge is 0.229 e. The number of amides is 1. The van der Waals surface area contributed by atoms with E-state index in [0.29, 0.717) is 12.2 Å². The van der Waals surface area contributed by atoms with Crippen molar-refractivity contribution in [3.05, 3.63) is 23.9 Å². The van der Waals surface area contributed by atoms with Gasteiger partial charge in [0.2, 0.25) is 5.91 Å². The van der Waals surface area contributed by atoms with Crippen LogP contribution in [0.1, 0.15) is 25.0 Å². The average molecular weight is 272 g/mol. The molecule has 2 heterocycles. The van der Waals surface area contributed by atoms with E-state index in [0.717, 1.165) is 38.2 Å². The molecule has 0 aliphatic carbocycles.